The summed E-state index contributed by atoms with van der Waals surface area (Å²) in [5.41, 5.74) is 2.84. The lowest BCUT2D eigenvalue weighted by atomic mass is 10.1. The zero-order valence-electron chi connectivity index (χ0n) is 9.09. The summed E-state index contributed by atoms with van der Waals surface area (Å²) in [6, 6.07) is 1.91. The van der Waals surface area contributed by atoms with Gasteiger partial charge >= 0.3 is 0 Å². The second kappa shape index (κ2) is 4.81. The van der Waals surface area contributed by atoms with Crippen LogP contribution < -0.4 is 0 Å². The molecule has 82 valence electrons. The van der Waals surface area contributed by atoms with Crippen LogP contribution >= 0.6 is 0 Å². The highest BCUT2D eigenvalue weighted by molar-refractivity contribution is 5.58. The normalized spacial score (nSPS) is 10.4. The van der Waals surface area contributed by atoms with Crippen molar-refractivity contribution in [1.82, 2.24) is 15.0 Å². The number of aromatic nitrogens is 3. The molecule has 4 heteroatoms. The minimum atomic E-state index is -0.0305. The van der Waals surface area contributed by atoms with Crippen molar-refractivity contribution in [2.45, 2.75) is 20.0 Å². The molecular formula is C12H13N3O. The van der Waals surface area contributed by atoms with Gasteiger partial charge < -0.3 is 5.11 Å². The average Bonchev–Trinajstić information content (AvgIpc) is 2.39. The Bertz CT molecular complexity index is 468. The third-order valence-electron chi connectivity index (χ3n) is 2.41. The van der Waals surface area contributed by atoms with E-state index < -0.39 is 0 Å². The first kappa shape index (κ1) is 10.7. The van der Waals surface area contributed by atoms with E-state index in [2.05, 4.69) is 21.9 Å². The molecule has 2 heterocycles. The molecule has 0 bridgehead atoms. The van der Waals surface area contributed by atoms with Gasteiger partial charge in [-0.25, -0.2) is 9.97 Å². The summed E-state index contributed by atoms with van der Waals surface area (Å²) in [4.78, 5) is 12.5. The van der Waals surface area contributed by atoms with E-state index in [0.717, 1.165) is 23.1 Å². The molecule has 0 aromatic carbocycles. The predicted molar refractivity (Wildman–Crippen MR) is 60.6 cm³/mol. The molecule has 0 saturated carbocycles. The number of aliphatic hydroxyl groups excluding tert-OH is 1. The highest BCUT2D eigenvalue weighted by atomic mass is 16.3. The Labute approximate surface area is 94.0 Å². The monoisotopic (exact) mass is 215 g/mol. The lowest BCUT2D eigenvalue weighted by Crippen LogP contribution is -1.96. The predicted octanol–water partition coefficient (Wildman–Crippen LogP) is 1.59. The van der Waals surface area contributed by atoms with E-state index in [-0.39, 0.29) is 6.61 Å². The van der Waals surface area contributed by atoms with Crippen molar-refractivity contribution in [1.29, 1.82) is 0 Å². The Hall–Kier alpha value is -1.81. The Morgan fingerprint density at radius 2 is 1.94 bits per heavy atom. The van der Waals surface area contributed by atoms with Gasteiger partial charge in [-0.05, 0) is 18.1 Å². The van der Waals surface area contributed by atoms with Gasteiger partial charge in [0.25, 0.3) is 0 Å². The van der Waals surface area contributed by atoms with Gasteiger partial charge in [-0.15, -0.1) is 0 Å². The van der Waals surface area contributed by atoms with Gasteiger partial charge in [-0.1, -0.05) is 6.92 Å². The van der Waals surface area contributed by atoms with E-state index in [1.165, 1.54) is 0 Å². The van der Waals surface area contributed by atoms with Crippen LogP contribution in [0.25, 0.3) is 11.4 Å². The molecule has 0 aliphatic heterocycles. The maximum Gasteiger partial charge on any atom is 0.159 e. The quantitative estimate of drug-likeness (QED) is 0.844. The highest BCUT2D eigenvalue weighted by Crippen LogP contribution is 2.19. The standard InChI is InChI=1S/C12H13N3O/c1-2-10-7-13-4-3-11(10)12-14-5-9(8-16)6-15-12/h3-7,16H,2,8H2,1H3. The topological polar surface area (TPSA) is 58.9 Å². The number of nitrogens with zero attached hydrogens (tertiary/aromatic N) is 3. The molecule has 0 amide bonds. The van der Waals surface area contributed by atoms with E-state index in [1.807, 2.05) is 12.3 Å². The Morgan fingerprint density at radius 1 is 1.19 bits per heavy atom. The fourth-order valence-corrected chi connectivity index (χ4v) is 1.50. The first-order valence-corrected chi connectivity index (χ1v) is 5.20. The summed E-state index contributed by atoms with van der Waals surface area (Å²) >= 11 is 0. The highest BCUT2D eigenvalue weighted by Gasteiger charge is 2.05. The number of pyridine rings is 1. The van der Waals surface area contributed by atoms with Gasteiger partial charge in [0, 0.05) is 35.9 Å². The van der Waals surface area contributed by atoms with Crippen LogP contribution in [0.5, 0.6) is 0 Å². The van der Waals surface area contributed by atoms with E-state index in [0.29, 0.717) is 5.82 Å². The Kier molecular flexibility index (Phi) is 3.22. The van der Waals surface area contributed by atoms with Crippen molar-refractivity contribution in [3.8, 4) is 11.4 Å². The molecule has 4 nitrogen and oxygen atoms in total. The van der Waals surface area contributed by atoms with Crippen LogP contribution in [0.4, 0.5) is 0 Å². The molecule has 2 rings (SSSR count). The molecule has 0 fully saturated rings. The molecule has 16 heavy (non-hydrogen) atoms. The number of hydrogen-bond acceptors (Lipinski definition) is 4. The van der Waals surface area contributed by atoms with Gasteiger partial charge in [0.2, 0.25) is 0 Å². The van der Waals surface area contributed by atoms with Crippen LogP contribution in [-0.4, -0.2) is 20.1 Å². The van der Waals surface area contributed by atoms with Gasteiger partial charge in [0.1, 0.15) is 0 Å². The summed E-state index contributed by atoms with van der Waals surface area (Å²) in [6.07, 6.45) is 7.75. The molecule has 2 aromatic heterocycles. The van der Waals surface area contributed by atoms with Crippen molar-refractivity contribution in [2.24, 2.45) is 0 Å². The SMILES string of the molecule is CCc1cnccc1-c1ncc(CO)cn1. The molecule has 1 N–H and O–H groups in total. The molecule has 0 radical (unpaired) electrons. The smallest absolute Gasteiger partial charge is 0.159 e. The van der Waals surface area contributed by atoms with Gasteiger partial charge in [-0.2, -0.15) is 0 Å². The molecular weight excluding hydrogens is 202 g/mol. The molecule has 2 aromatic rings. The molecule has 0 atom stereocenters. The maximum atomic E-state index is 8.91. The Morgan fingerprint density at radius 3 is 2.56 bits per heavy atom. The van der Waals surface area contributed by atoms with E-state index in [4.69, 9.17) is 5.11 Å². The van der Waals surface area contributed by atoms with E-state index in [9.17, 15) is 0 Å². The van der Waals surface area contributed by atoms with Crippen LogP contribution in [-0.2, 0) is 13.0 Å². The van der Waals surface area contributed by atoms with Crippen LogP contribution in [0, 0.1) is 0 Å². The van der Waals surface area contributed by atoms with Crippen LogP contribution in [0.2, 0.25) is 0 Å². The summed E-state index contributed by atoms with van der Waals surface area (Å²) < 4.78 is 0. The summed E-state index contributed by atoms with van der Waals surface area (Å²) in [5, 5.41) is 8.91. The average molecular weight is 215 g/mol. The van der Waals surface area contributed by atoms with Crippen molar-refractivity contribution in [3.63, 3.8) is 0 Å². The summed E-state index contributed by atoms with van der Waals surface area (Å²) in [6.45, 7) is 2.04. The van der Waals surface area contributed by atoms with Crippen molar-refractivity contribution >= 4 is 0 Å². The van der Waals surface area contributed by atoms with Gasteiger partial charge in [0.05, 0.1) is 6.61 Å². The Balaban J connectivity index is 2.42. The lowest BCUT2D eigenvalue weighted by molar-refractivity contribution is 0.281. The summed E-state index contributed by atoms with van der Waals surface area (Å²) in [7, 11) is 0. The zero-order valence-corrected chi connectivity index (χ0v) is 9.09. The largest absolute Gasteiger partial charge is 0.392 e. The lowest BCUT2D eigenvalue weighted by Gasteiger charge is -2.05. The third-order valence-corrected chi connectivity index (χ3v) is 2.41. The molecule has 0 unspecified atom stereocenters. The first-order valence-electron chi connectivity index (χ1n) is 5.20. The minimum Gasteiger partial charge on any atom is -0.392 e. The summed E-state index contributed by atoms with van der Waals surface area (Å²) in [5.74, 6) is 0.677. The van der Waals surface area contributed by atoms with Crippen molar-refractivity contribution < 1.29 is 5.11 Å². The molecule has 0 aliphatic carbocycles. The number of aryl methyl sites for hydroxylation is 1. The fourth-order valence-electron chi connectivity index (χ4n) is 1.50. The zero-order chi connectivity index (χ0) is 11.4. The third kappa shape index (κ3) is 2.06. The minimum absolute atomic E-state index is 0.0305. The second-order valence-electron chi connectivity index (χ2n) is 3.46. The van der Waals surface area contributed by atoms with Crippen LogP contribution in [0.15, 0.2) is 30.9 Å². The van der Waals surface area contributed by atoms with E-state index >= 15 is 0 Å². The molecule has 0 saturated heterocycles. The van der Waals surface area contributed by atoms with Crippen molar-refractivity contribution in [2.75, 3.05) is 0 Å². The van der Waals surface area contributed by atoms with Crippen molar-refractivity contribution in [3.05, 3.63) is 42.0 Å². The maximum absolute atomic E-state index is 8.91. The van der Waals surface area contributed by atoms with Gasteiger partial charge in [-0.3, -0.25) is 4.98 Å². The first-order chi connectivity index (χ1) is 7.85. The van der Waals surface area contributed by atoms with E-state index in [1.54, 1.807) is 18.6 Å². The second-order valence-corrected chi connectivity index (χ2v) is 3.46. The molecule has 0 spiro atoms. The van der Waals surface area contributed by atoms with Crippen LogP contribution in [0.3, 0.4) is 0 Å². The van der Waals surface area contributed by atoms with Gasteiger partial charge in [0.15, 0.2) is 5.82 Å². The molecule has 0 aliphatic rings. The van der Waals surface area contributed by atoms with Crippen LogP contribution in [0.1, 0.15) is 18.1 Å². The number of aliphatic hydroxyl groups is 1. The number of rotatable bonds is 3. The fraction of sp³-hybridized carbons (Fsp3) is 0.250. The number of hydrogen-bond donors (Lipinski definition) is 1.